The molecule has 16 heteroatoms. The maximum Gasteiger partial charge on any atom is 1.00 e. The molecule has 2 amide bonds. The van der Waals surface area contributed by atoms with Gasteiger partial charge < -0.3 is 50.1 Å². The van der Waals surface area contributed by atoms with Crippen LogP contribution in [0.1, 0.15) is 22.3 Å². The van der Waals surface area contributed by atoms with Gasteiger partial charge in [-0.3, -0.25) is 9.59 Å². The summed E-state index contributed by atoms with van der Waals surface area (Å²) in [6.45, 7) is -1.91. The molecule has 2 aromatic carbocycles. The van der Waals surface area contributed by atoms with Crippen molar-refractivity contribution in [3.63, 3.8) is 0 Å². The molecule has 1 heterocycles. The number of aliphatic hydroxyl groups excluding tert-OH is 3. The van der Waals surface area contributed by atoms with Crippen molar-refractivity contribution >= 4 is 29.4 Å². The standard InChI is InChI=1S/C26H29ClF2N2O10.Na/c1-39-12-19(34)31-21-17(32)9-26(25(37)38,40-11-14-3-2-4-16(28)20(14)29)41-23(21)22(35)18(33)10-30-24(36)13-5-7-15(27)8-6-13;/h2-8,17-18,21-23,32-33,35H,9-12H2,1H3,(H,30,36)(H,31,34)(H,37,38);/q;+1/p-1/t17-,18+,21+,22+,23+,26+;/m0./s1. The van der Waals surface area contributed by atoms with Gasteiger partial charge in [0.1, 0.15) is 24.8 Å². The van der Waals surface area contributed by atoms with Crippen molar-refractivity contribution in [1.82, 2.24) is 10.6 Å². The molecule has 1 saturated heterocycles. The Kier molecular flexibility index (Phi) is 13.7. The van der Waals surface area contributed by atoms with E-state index in [0.717, 1.165) is 18.2 Å². The number of carboxylic acids is 1. The number of aliphatic hydroxyl groups is 3. The summed E-state index contributed by atoms with van der Waals surface area (Å²) in [5, 5.41) is 49.7. The Bertz CT molecular complexity index is 1240. The monoisotopic (exact) mass is 624 g/mol. The van der Waals surface area contributed by atoms with Crippen LogP contribution in [0.2, 0.25) is 5.02 Å². The molecule has 0 radical (unpaired) electrons. The van der Waals surface area contributed by atoms with Crippen LogP contribution in [0.3, 0.4) is 0 Å². The molecule has 0 aliphatic carbocycles. The Morgan fingerprint density at radius 2 is 1.86 bits per heavy atom. The second-order valence-electron chi connectivity index (χ2n) is 9.20. The second-order valence-corrected chi connectivity index (χ2v) is 9.63. The third-order valence-electron chi connectivity index (χ3n) is 6.29. The summed E-state index contributed by atoms with van der Waals surface area (Å²) in [6.07, 6.45) is -8.41. The molecule has 1 fully saturated rings. The van der Waals surface area contributed by atoms with Gasteiger partial charge >= 0.3 is 29.6 Å². The first-order chi connectivity index (χ1) is 19.4. The average Bonchev–Trinajstić information content (AvgIpc) is 2.93. The smallest absolute Gasteiger partial charge is 0.544 e. The Morgan fingerprint density at radius 3 is 2.48 bits per heavy atom. The van der Waals surface area contributed by atoms with E-state index in [0.29, 0.717) is 5.02 Å². The van der Waals surface area contributed by atoms with E-state index in [-0.39, 0.29) is 40.7 Å². The van der Waals surface area contributed by atoms with E-state index in [2.05, 4.69) is 10.6 Å². The number of rotatable bonds is 12. The fraction of sp³-hybridized carbons (Fsp3) is 0.423. The molecular formula is C26H28ClF2N2NaO10. The Morgan fingerprint density at radius 1 is 1.19 bits per heavy atom. The maximum absolute atomic E-state index is 14.2. The van der Waals surface area contributed by atoms with Crippen LogP contribution in [0.4, 0.5) is 8.78 Å². The number of carboxylic acid groups (broad SMARTS) is 1. The number of nitrogens with one attached hydrogen (secondary N) is 2. The zero-order valence-electron chi connectivity index (χ0n) is 22.6. The Labute approximate surface area is 266 Å². The van der Waals surface area contributed by atoms with E-state index in [9.17, 15) is 43.6 Å². The van der Waals surface area contributed by atoms with Crippen LogP contribution in [0, 0.1) is 11.6 Å². The number of carbonyl (C=O) groups excluding carboxylic acids is 3. The Hall–Kier alpha value is -2.24. The first-order valence-electron chi connectivity index (χ1n) is 12.2. The fourth-order valence-electron chi connectivity index (χ4n) is 4.16. The van der Waals surface area contributed by atoms with Gasteiger partial charge in [-0.15, -0.1) is 0 Å². The first-order valence-corrected chi connectivity index (χ1v) is 12.6. The molecule has 2 aromatic rings. The summed E-state index contributed by atoms with van der Waals surface area (Å²) in [6, 6.07) is 7.33. The molecule has 224 valence electrons. The number of hydrogen-bond acceptors (Lipinski definition) is 10. The number of amides is 2. The minimum atomic E-state index is -2.83. The third-order valence-corrected chi connectivity index (χ3v) is 6.54. The quantitative estimate of drug-likeness (QED) is 0.146. The van der Waals surface area contributed by atoms with Gasteiger partial charge in [-0.05, 0) is 30.3 Å². The van der Waals surface area contributed by atoms with Gasteiger partial charge in [-0.25, -0.2) is 8.78 Å². The van der Waals surface area contributed by atoms with Crippen LogP contribution < -0.4 is 45.3 Å². The zero-order chi connectivity index (χ0) is 30.3. The summed E-state index contributed by atoms with van der Waals surface area (Å²) >= 11 is 5.80. The van der Waals surface area contributed by atoms with Crippen molar-refractivity contribution in [3.05, 3.63) is 70.2 Å². The van der Waals surface area contributed by atoms with Gasteiger partial charge in [0.2, 0.25) is 11.7 Å². The van der Waals surface area contributed by atoms with Crippen LogP contribution in [0.25, 0.3) is 0 Å². The SMILES string of the molecule is COCC(=O)N[C@H]1[C@H]([C@H](O)[C@H](O)CNC(=O)c2ccc(Cl)cc2)O[C@@](OCc2cccc(F)c2F)(C(=O)[O-])C[C@@H]1O.[Na+]. The van der Waals surface area contributed by atoms with Crippen LogP contribution in [-0.4, -0.2) is 89.6 Å². The first kappa shape index (κ1) is 36.0. The Balaban J connectivity index is 0.00000616. The van der Waals surface area contributed by atoms with E-state index in [1.165, 1.54) is 31.4 Å². The molecule has 1 aliphatic heterocycles. The maximum atomic E-state index is 14.2. The van der Waals surface area contributed by atoms with E-state index < -0.39 is 91.8 Å². The van der Waals surface area contributed by atoms with Crippen molar-refractivity contribution in [1.29, 1.82) is 0 Å². The van der Waals surface area contributed by atoms with Crippen LogP contribution in [0.5, 0.6) is 0 Å². The zero-order valence-corrected chi connectivity index (χ0v) is 25.3. The molecule has 0 saturated carbocycles. The van der Waals surface area contributed by atoms with E-state index in [4.69, 9.17) is 25.8 Å². The van der Waals surface area contributed by atoms with Crippen LogP contribution in [-0.2, 0) is 30.4 Å². The number of benzene rings is 2. The number of methoxy groups -OCH3 is 1. The minimum absolute atomic E-state index is 0. The predicted molar refractivity (Wildman–Crippen MR) is 134 cm³/mol. The van der Waals surface area contributed by atoms with E-state index in [1.807, 2.05) is 0 Å². The van der Waals surface area contributed by atoms with Gasteiger partial charge in [0.05, 0.1) is 24.9 Å². The molecule has 0 bridgehead atoms. The average molecular weight is 625 g/mol. The number of aliphatic carboxylic acids is 1. The molecule has 3 rings (SSSR count). The minimum Gasteiger partial charge on any atom is -0.544 e. The summed E-state index contributed by atoms with van der Waals surface area (Å²) < 4.78 is 43.3. The predicted octanol–water partition coefficient (Wildman–Crippen LogP) is -3.98. The number of carbonyl (C=O) groups is 3. The fourth-order valence-corrected chi connectivity index (χ4v) is 4.29. The number of hydrogen-bond donors (Lipinski definition) is 5. The largest absolute Gasteiger partial charge is 1.00 e. The molecule has 0 unspecified atom stereocenters. The third kappa shape index (κ3) is 8.89. The number of ether oxygens (including phenoxy) is 3. The molecule has 6 atom stereocenters. The molecule has 0 aromatic heterocycles. The summed E-state index contributed by atoms with van der Waals surface area (Å²) in [5.41, 5.74) is -0.208. The van der Waals surface area contributed by atoms with Crippen molar-refractivity contribution in [2.24, 2.45) is 0 Å². The van der Waals surface area contributed by atoms with Crippen molar-refractivity contribution in [2.75, 3.05) is 20.3 Å². The van der Waals surface area contributed by atoms with E-state index in [1.54, 1.807) is 0 Å². The molecular weight excluding hydrogens is 597 g/mol. The molecule has 0 spiro atoms. The summed E-state index contributed by atoms with van der Waals surface area (Å²) in [7, 11) is 1.22. The second kappa shape index (κ2) is 16.0. The van der Waals surface area contributed by atoms with Gasteiger partial charge in [-0.2, -0.15) is 0 Å². The van der Waals surface area contributed by atoms with Gasteiger partial charge in [-0.1, -0.05) is 23.7 Å². The molecule has 12 nitrogen and oxygen atoms in total. The topological polar surface area (TPSA) is 187 Å². The van der Waals surface area contributed by atoms with Gasteiger partial charge in [0, 0.05) is 36.2 Å². The van der Waals surface area contributed by atoms with Crippen molar-refractivity contribution in [3.8, 4) is 0 Å². The van der Waals surface area contributed by atoms with Gasteiger partial charge in [0.15, 0.2) is 11.6 Å². The molecule has 42 heavy (non-hydrogen) atoms. The van der Waals surface area contributed by atoms with Crippen LogP contribution in [0.15, 0.2) is 42.5 Å². The summed E-state index contributed by atoms with van der Waals surface area (Å²) in [4.78, 5) is 36.8. The number of halogens is 3. The van der Waals surface area contributed by atoms with Crippen molar-refractivity contribution in [2.45, 2.75) is 49.3 Å². The molecule has 1 aliphatic rings. The van der Waals surface area contributed by atoms with Gasteiger partial charge in [0.25, 0.3) is 5.91 Å². The van der Waals surface area contributed by atoms with Crippen LogP contribution >= 0.6 is 11.6 Å². The molecule has 5 N–H and O–H groups in total. The van der Waals surface area contributed by atoms with E-state index >= 15 is 0 Å². The van der Waals surface area contributed by atoms with Crippen molar-refractivity contribution < 1.29 is 87.4 Å². The summed E-state index contributed by atoms with van der Waals surface area (Å²) in [5.74, 6) is -8.85. The normalized spacial score (nSPS) is 23.3.